The van der Waals surface area contributed by atoms with Crippen LogP contribution < -0.4 is 5.32 Å². The Morgan fingerprint density at radius 2 is 2.21 bits per heavy atom. The van der Waals surface area contributed by atoms with Gasteiger partial charge in [-0.25, -0.2) is 0 Å². The summed E-state index contributed by atoms with van der Waals surface area (Å²) in [7, 11) is 5.65. The van der Waals surface area contributed by atoms with Gasteiger partial charge in [0.05, 0.1) is 12.7 Å². The Labute approximate surface area is 86.6 Å². The van der Waals surface area contributed by atoms with Crippen LogP contribution >= 0.6 is 0 Å². The van der Waals surface area contributed by atoms with Gasteiger partial charge >= 0.3 is 0 Å². The zero-order valence-corrected chi connectivity index (χ0v) is 9.45. The van der Waals surface area contributed by atoms with Crippen molar-refractivity contribution in [3.05, 3.63) is 0 Å². The Hall–Kier alpha value is -0.160. The molecule has 0 aromatic heterocycles. The molecule has 0 aromatic rings. The number of rotatable bonds is 6. The van der Waals surface area contributed by atoms with Crippen LogP contribution in [0.5, 0.6) is 0 Å². The number of likely N-dealkylation sites (N-methyl/N-ethyl adjacent to an activating group) is 1. The minimum Gasteiger partial charge on any atom is -0.383 e. The minimum atomic E-state index is 0.399. The Morgan fingerprint density at radius 1 is 1.43 bits per heavy atom. The van der Waals surface area contributed by atoms with E-state index in [2.05, 4.69) is 17.3 Å². The van der Waals surface area contributed by atoms with Gasteiger partial charge in [-0.3, -0.25) is 0 Å². The predicted octanol–water partition coefficient (Wildman–Crippen LogP) is -0.0585. The van der Waals surface area contributed by atoms with Gasteiger partial charge in [-0.05, 0) is 13.5 Å². The van der Waals surface area contributed by atoms with E-state index in [0.29, 0.717) is 12.1 Å². The van der Waals surface area contributed by atoms with Crippen molar-refractivity contribution >= 4 is 0 Å². The summed E-state index contributed by atoms with van der Waals surface area (Å²) in [6.07, 6.45) is 1.52. The van der Waals surface area contributed by atoms with Crippen LogP contribution in [0.2, 0.25) is 0 Å². The molecule has 1 fully saturated rings. The first kappa shape index (κ1) is 11.9. The molecular weight excluding hydrogens is 180 g/mol. The molecule has 4 nitrogen and oxygen atoms in total. The first-order chi connectivity index (χ1) is 6.76. The van der Waals surface area contributed by atoms with E-state index >= 15 is 0 Å². The molecule has 1 saturated heterocycles. The zero-order valence-electron chi connectivity index (χ0n) is 9.45. The highest BCUT2D eigenvalue weighted by atomic mass is 16.5. The second kappa shape index (κ2) is 6.35. The summed E-state index contributed by atoms with van der Waals surface area (Å²) in [6, 6.07) is 0.571. The molecule has 84 valence electrons. The predicted molar refractivity (Wildman–Crippen MR) is 56.6 cm³/mol. The van der Waals surface area contributed by atoms with E-state index in [1.165, 1.54) is 0 Å². The summed E-state index contributed by atoms with van der Waals surface area (Å²) in [5.41, 5.74) is 0. The molecule has 14 heavy (non-hydrogen) atoms. The van der Waals surface area contributed by atoms with Crippen LogP contribution in [0.15, 0.2) is 0 Å². The van der Waals surface area contributed by atoms with Gasteiger partial charge in [-0.15, -0.1) is 0 Å². The highest BCUT2D eigenvalue weighted by Gasteiger charge is 2.24. The molecule has 1 aliphatic heterocycles. The summed E-state index contributed by atoms with van der Waals surface area (Å²) in [5, 5.41) is 3.46. The third-order valence-electron chi connectivity index (χ3n) is 2.72. The number of hydrogen-bond donors (Lipinski definition) is 1. The molecule has 1 rings (SSSR count). The molecule has 0 saturated carbocycles. The maximum atomic E-state index is 5.30. The third kappa shape index (κ3) is 3.92. The van der Waals surface area contributed by atoms with Gasteiger partial charge in [0.25, 0.3) is 0 Å². The number of ether oxygens (including phenoxy) is 2. The van der Waals surface area contributed by atoms with Crippen LogP contribution in [-0.2, 0) is 9.47 Å². The lowest BCUT2D eigenvalue weighted by atomic mass is 10.2. The molecule has 1 N–H and O–H groups in total. The maximum absolute atomic E-state index is 5.30. The zero-order chi connectivity index (χ0) is 10.4. The second-order valence-electron chi connectivity index (χ2n) is 3.95. The average Bonchev–Trinajstić information content (AvgIpc) is 2.62. The van der Waals surface area contributed by atoms with Gasteiger partial charge in [0.2, 0.25) is 0 Å². The molecule has 2 unspecified atom stereocenters. The van der Waals surface area contributed by atoms with Gasteiger partial charge in [0, 0.05) is 39.9 Å². The fourth-order valence-corrected chi connectivity index (χ4v) is 1.82. The summed E-state index contributed by atoms with van der Waals surface area (Å²) in [6.45, 7) is 3.85. The summed E-state index contributed by atoms with van der Waals surface area (Å²) < 4.78 is 10.3. The van der Waals surface area contributed by atoms with Crippen LogP contribution in [-0.4, -0.2) is 64.6 Å². The van der Waals surface area contributed by atoms with Gasteiger partial charge in [0.1, 0.15) is 0 Å². The highest BCUT2D eigenvalue weighted by molar-refractivity contribution is 4.83. The number of methoxy groups -OCH3 is 2. The number of nitrogens with one attached hydrogen (secondary N) is 1. The molecule has 0 aliphatic carbocycles. The number of nitrogens with zero attached hydrogens (tertiary/aromatic N) is 1. The van der Waals surface area contributed by atoms with Crippen molar-refractivity contribution in [3.8, 4) is 0 Å². The standard InChI is InChI=1S/C10H22N2O2/c1-12(4-5-13-2)8-9-6-10(14-3)7-11-9/h9-11H,4-8H2,1-3H3. The van der Waals surface area contributed by atoms with Crippen molar-refractivity contribution < 1.29 is 9.47 Å². The van der Waals surface area contributed by atoms with Gasteiger partial charge in [-0.2, -0.15) is 0 Å². The molecular formula is C10H22N2O2. The van der Waals surface area contributed by atoms with E-state index in [9.17, 15) is 0 Å². The van der Waals surface area contributed by atoms with Gasteiger partial charge < -0.3 is 19.7 Å². The monoisotopic (exact) mass is 202 g/mol. The molecule has 1 aliphatic rings. The summed E-state index contributed by atoms with van der Waals surface area (Å²) in [5.74, 6) is 0. The summed E-state index contributed by atoms with van der Waals surface area (Å²) >= 11 is 0. The van der Waals surface area contributed by atoms with Gasteiger partial charge in [-0.1, -0.05) is 0 Å². The van der Waals surface area contributed by atoms with E-state index in [1.54, 1.807) is 14.2 Å². The maximum Gasteiger partial charge on any atom is 0.0711 e. The Kier molecular flexibility index (Phi) is 5.40. The minimum absolute atomic E-state index is 0.399. The van der Waals surface area contributed by atoms with Crippen LogP contribution in [0.1, 0.15) is 6.42 Å². The van der Waals surface area contributed by atoms with Crippen LogP contribution in [0.3, 0.4) is 0 Å². The van der Waals surface area contributed by atoms with E-state index < -0.39 is 0 Å². The van der Waals surface area contributed by atoms with Crippen molar-refractivity contribution in [1.82, 2.24) is 10.2 Å². The lowest BCUT2D eigenvalue weighted by Crippen LogP contribution is -2.36. The topological polar surface area (TPSA) is 33.7 Å². The molecule has 0 bridgehead atoms. The van der Waals surface area contributed by atoms with E-state index in [4.69, 9.17) is 9.47 Å². The van der Waals surface area contributed by atoms with E-state index in [1.807, 2.05) is 0 Å². The Morgan fingerprint density at radius 3 is 2.79 bits per heavy atom. The molecule has 4 heteroatoms. The lowest BCUT2D eigenvalue weighted by molar-refractivity contribution is 0.114. The van der Waals surface area contributed by atoms with Gasteiger partial charge in [0.15, 0.2) is 0 Å². The summed E-state index contributed by atoms with van der Waals surface area (Å²) in [4.78, 5) is 2.29. The first-order valence-corrected chi connectivity index (χ1v) is 5.20. The Bertz CT molecular complexity index is 155. The SMILES string of the molecule is COCCN(C)CC1CC(OC)CN1. The average molecular weight is 202 g/mol. The molecule has 0 aromatic carbocycles. The Balaban J connectivity index is 2.12. The van der Waals surface area contributed by atoms with Crippen LogP contribution in [0.4, 0.5) is 0 Å². The molecule has 0 spiro atoms. The van der Waals surface area contributed by atoms with Crippen LogP contribution in [0, 0.1) is 0 Å². The molecule has 2 atom stereocenters. The number of hydrogen-bond acceptors (Lipinski definition) is 4. The molecule has 1 heterocycles. The quantitative estimate of drug-likeness (QED) is 0.654. The largest absolute Gasteiger partial charge is 0.383 e. The molecule has 0 radical (unpaired) electrons. The van der Waals surface area contributed by atoms with Crippen molar-refractivity contribution in [2.24, 2.45) is 0 Å². The fourth-order valence-electron chi connectivity index (χ4n) is 1.82. The van der Waals surface area contributed by atoms with Crippen molar-refractivity contribution in [3.63, 3.8) is 0 Å². The van der Waals surface area contributed by atoms with E-state index in [0.717, 1.165) is 32.7 Å². The third-order valence-corrected chi connectivity index (χ3v) is 2.72. The lowest BCUT2D eigenvalue weighted by Gasteiger charge is -2.20. The second-order valence-corrected chi connectivity index (χ2v) is 3.95. The van der Waals surface area contributed by atoms with Crippen molar-refractivity contribution in [2.45, 2.75) is 18.6 Å². The van der Waals surface area contributed by atoms with Crippen molar-refractivity contribution in [1.29, 1.82) is 0 Å². The van der Waals surface area contributed by atoms with Crippen LogP contribution in [0.25, 0.3) is 0 Å². The first-order valence-electron chi connectivity index (χ1n) is 5.20. The normalized spacial score (nSPS) is 27.4. The molecule has 0 amide bonds. The van der Waals surface area contributed by atoms with E-state index in [-0.39, 0.29) is 0 Å². The highest BCUT2D eigenvalue weighted by Crippen LogP contribution is 2.09. The smallest absolute Gasteiger partial charge is 0.0711 e. The fraction of sp³-hybridized carbons (Fsp3) is 1.00. The van der Waals surface area contributed by atoms with Crippen molar-refractivity contribution in [2.75, 3.05) is 47.5 Å².